The zero-order valence-electron chi connectivity index (χ0n) is 9.85. The Labute approximate surface area is 103 Å². The zero-order valence-corrected chi connectivity index (χ0v) is 10.7. The lowest BCUT2D eigenvalue weighted by molar-refractivity contribution is -0.141. The molecule has 16 heavy (non-hydrogen) atoms. The second-order valence-electron chi connectivity index (χ2n) is 3.81. The maximum Gasteiger partial charge on any atom is 0.251 e. The molecular weight excluding hydrogens is 232 g/mol. The van der Waals surface area contributed by atoms with Gasteiger partial charge in [0.05, 0.1) is 12.7 Å². The molecule has 1 saturated heterocycles. The number of hydrogen-bond donors (Lipinski definition) is 1. The summed E-state index contributed by atoms with van der Waals surface area (Å²) in [6.45, 7) is 1.64. The first-order valence-electron chi connectivity index (χ1n) is 5.28. The molecule has 5 nitrogen and oxygen atoms in total. The third-order valence-corrected chi connectivity index (χ3v) is 2.65. The Hall–Kier alpha value is -0.360. The second-order valence-corrected chi connectivity index (χ2v) is 3.81. The molecule has 1 aliphatic rings. The van der Waals surface area contributed by atoms with E-state index in [1.54, 1.807) is 19.1 Å². The lowest BCUT2D eigenvalue weighted by atomic mass is 10.2. The van der Waals surface area contributed by atoms with Gasteiger partial charge in [0.1, 0.15) is 6.10 Å². The standard InChI is InChI=1S/C10H20N2O3.ClH/c1-12(5-6-14-2)10(13)9-4-3-8(7-11)15-9;/h8-9H,3-7,11H2,1-2H3;1H/t8-,9+;/m1./s1. The highest BCUT2D eigenvalue weighted by Crippen LogP contribution is 2.20. The number of rotatable bonds is 5. The molecule has 0 bridgehead atoms. The molecule has 0 radical (unpaired) electrons. The number of hydrogen-bond acceptors (Lipinski definition) is 4. The Balaban J connectivity index is 0.00000225. The van der Waals surface area contributed by atoms with Gasteiger partial charge < -0.3 is 20.1 Å². The first-order chi connectivity index (χ1) is 7.19. The van der Waals surface area contributed by atoms with Crippen LogP contribution in [0.25, 0.3) is 0 Å². The molecule has 0 aliphatic carbocycles. The van der Waals surface area contributed by atoms with Crippen molar-refractivity contribution in [2.45, 2.75) is 25.0 Å². The highest BCUT2D eigenvalue weighted by atomic mass is 35.5. The Morgan fingerprint density at radius 3 is 2.75 bits per heavy atom. The fourth-order valence-electron chi connectivity index (χ4n) is 1.64. The molecule has 1 fully saturated rings. The first-order valence-corrected chi connectivity index (χ1v) is 5.28. The summed E-state index contributed by atoms with van der Waals surface area (Å²) in [5.41, 5.74) is 5.48. The summed E-state index contributed by atoms with van der Waals surface area (Å²) in [5, 5.41) is 0. The minimum absolute atomic E-state index is 0. The molecule has 1 heterocycles. The Morgan fingerprint density at radius 1 is 1.56 bits per heavy atom. The minimum atomic E-state index is -0.305. The van der Waals surface area contributed by atoms with Gasteiger partial charge in [0, 0.05) is 27.2 Å². The molecule has 1 amide bonds. The van der Waals surface area contributed by atoms with Crippen molar-refractivity contribution in [2.24, 2.45) is 5.73 Å². The second kappa shape index (κ2) is 7.84. The summed E-state index contributed by atoms with van der Waals surface area (Å²) in [5.74, 6) is 0.0306. The number of nitrogens with zero attached hydrogens (tertiary/aromatic N) is 1. The van der Waals surface area contributed by atoms with Crippen molar-refractivity contribution in [3.05, 3.63) is 0 Å². The topological polar surface area (TPSA) is 64.8 Å². The van der Waals surface area contributed by atoms with Gasteiger partial charge >= 0.3 is 0 Å². The van der Waals surface area contributed by atoms with Gasteiger partial charge in [-0.15, -0.1) is 12.4 Å². The molecule has 2 atom stereocenters. The summed E-state index contributed by atoms with van der Waals surface area (Å²) in [6.07, 6.45) is 1.40. The molecule has 0 saturated carbocycles. The SMILES string of the molecule is COCCN(C)C(=O)[C@@H]1CC[C@H](CN)O1.Cl. The van der Waals surface area contributed by atoms with Crippen LogP contribution in [0.5, 0.6) is 0 Å². The molecule has 1 aliphatic heterocycles. The highest BCUT2D eigenvalue weighted by molar-refractivity contribution is 5.85. The normalized spacial score (nSPS) is 23.9. The number of ether oxygens (including phenoxy) is 2. The van der Waals surface area contributed by atoms with Crippen LogP contribution in [0, 0.1) is 0 Å². The van der Waals surface area contributed by atoms with E-state index in [0.29, 0.717) is 19.7 Å². The van der Waals surface area contributed by atoms with E-state index in [0.717, 1.165) is 12.8 Å². The lowest BCUT2D eigenvalue weighted by Crippen LogP contribution is -2.38. The minimum Gasteiger partial charge on any atom is -0.383 e. The van der Waals surface area contributed by atoms with E-state index in [2.05, 4.69) is 0 Å². The van der Waals surface area contributed by atoms with Crippen LogP contribution >= 0.6 is 12.4 Å². The predicted molar refractivity (Wildman–Crippen MR) is 63.7 cm³/mol. The van der Waals surface area contributed by atoms with Gasteiger partial charge in [0.25, 0.3) is 5.91 Å². The Kier molecular flexibility index (Phi) is 7.66. The number of amides is 1. The molecule has 0 unspecified atom stereocenters. The number of nitrogens with two attached hydrogens (primary N) is 1. The molecule has 0 aromatic heterocycles. The predicted octanol–water partition coefficient (Wildman–Crippen LogP) is 0.0193. The Morgan fingerprint density at radius 2 is 2.25 bits per heavy atom. The van der Waals surface area contributed by atoms with Crippen molar-refractivity contribution in [3.63, 3.8) is 0 Å². The highest BCUT2D eigenvalue weighted by Gasteiger charge is 2.31. The smallest absolute Gasteiger partial charge is 0.251 e. The van der Waals surface area contributed by atoms with E-state index in [9.17, 15) is 4.79 Å². The molecular formula is C10H21ClN2O3. The third kappa shape index (κ3) is 4.25. The summed E-state index contributed by atoms with van der Waals surface area (Å²) >= 11 is 0. The van der Waals surface area contributed by atoms with Crippen LogP contribution in [-0.2, 0) is 14.3 Å². The first kappa shape index (κ1) is 15.6. The van der Waals surface area contributed by atoms with Crippen LogP contribution < -0.4 is 5.73 Å². The van der Waals surface area contributed by atoms with Gasteiger partial charge in [-0.1, -0.05) is 0 Å². The van der Waals surface area contributed by atoms with Crippen LogP contribution in [0.1, 0.15) is 12.8 Å². The van der Waals surface area contributed by atoms with Crippen molar-refractivity contribution in [1.82, 2.24) is 4.90 Å². The average Bonchev–Trinajstić information content (AvgIpc) is 2.73. The van der Waals surface area contributed by atoms with Crippen molar-refractivity contribution in [1.29, 1.82) is 0 Å². The van der Waals surface area contributed by atoms with Crippen LogP contribution in [-0.4, -0.2) is 56.9 Å². The van der Waals surface area contributed by atoms with E-state index in [1.807, 2.05) is 0 Å². The van der Waals surface area contributed by atoms with Crippen molar-refractivity contribution in [3.8, 4) is 0 Å². The Bertz CT molecular complexity index is 216. The molecule has 0 spiro atoms. The van der Waals surface area contributed by atoms with E-state index >= 15 is 0 Å². The average molecular weight is 253 g/mol. The number of halogens is 1. The number of carbonyl (C=O) groups is 1. The molecule has 96 valence electrons. The fraction of sp³-hybridized carbons (Fsp3) is 0.900. The number of carbonyl (C=O) groups excluding carboxylic acids is 1. The molecule has 0 aromatic rings. The van der Waals surface area contributed by atoms with Gasteiger partial charge in [0.2, 0.25) is 0 Å². The molecule has 6 heteroatoms. The zero-order chi connectivity index (χ0) is 11.3. The maximum absolute atomic E-state index is 11.8. The van der Waals surface area contributed by atoms with Crippen molar-refractivity contribution in [2.75, 3.05) is 33.9 Å². The summed E-state index contributed by atoms with van der Waals surface area (Å²) in [7, 11) is 3.38. The summed E-state index contributed by atoms with van der Waals surface area (Å²) in [4.78, 5) is 13.5. The third-order valence-electron chi connectivity index (χ3n) is 2.65. The number of methoxy groups -OCH3 is 1. The largest absolute Gasteiger partial charge is 0.383 e. The maximum atomic E-state index is 11.8. The van der Waals surface area contributed by atoms with E-state index in [-0.39, 0.29) is 30.5 Å². The van der Waals surface area contributed by atoms with Crippen LogP contribution in [0.4, 0.5) is 0 Å². The van der Waals surface area contributed by atoms with Gasteiger partial charge in [0.15, 0.2) is 0 Å². The monoisotopic (exact) mass is 252 g/mol. The van der Waals surface area contributed by atoms with Crippen LogP contribution in [0.15, 0.2) is 0 Å². The van der Waals surface area contributed by atoms with Gasteiger partial charge in [-0.2, -0.15) is 0 Å². The number of likely N-dealkylation sites (N-methyl/N-ethyl adjacent to an activating group) is 1. The van der Waals surface area contributed by atoms with Gasteiger partial charge in [-0.05, 0) is 12.8 Å². The summed E-state index contributed by atoms with van der Waals surface area (Å²) in [6, 6.07) is 0. The molecule has 2 N–H and O–H groups in total. The molecule has 0 aromatic carbocycles. The van der Waals surface area contributed by atoms with Gasteiger partial charge in [-0.25, -0.2) is 0 Å². The van der Waals surface area contributed by atoms with Crippen LogP contribution in [0.3, 0.4) is 0 Å². The van der Waals surface area contributed by atoms with E-state index < -0.39 is 0 Å². The fourth-order valence-corrected chi connectivity index (χ4v) is 1.64. The summed E-state index contributed by atoms with van der Waals surface area (Å²) < 4.78 is 10.4. The van der Waals surface area contributed by atoms with E-state index in [1.165, 1.54) is 0 Å². The quantitative estimate of drug-likeness (QED) is 0.749. The lowest BCUT2D eigenvalue weighted by Gasteiger charge is -2.20. The van der Waals surface area contributed by atoms with Crippen molar-refractivity contribution < 1.29 is 14.3 Å². The van der Waals surface area contributed by atoms with E-state index in [4.69, 9.17) is 15.2 Å². The molecule has 1 rings (SSSR count). The van der Waals surface area contributed by atoms with Crippen molar-refractivity contribution >= 4 is 18.3 Å². The van der Waals surface area contributed by atoms with Crippen LogP contribution in [0.2, 0.25) is 0 Å². The van der Waals surface area contributed by atoms with Gasteiger partial charge in [-0.3, -0.25) is 4.79 Å².